The van der Waals surface area contributed by atoms with Crippen LogP contribution in [0.5, 0.6) is 0 Å². The maximum Gasteiger partial charge on any atom is 0.312 e. The highest BCUT2D eigenvalue weighted by atomic mass is 16.2. The van der Waals surface area contributed by atoms with Crippen LogP contribution >= 0.6 is 0 Å². The maximum atomic E-state index is 12.5. The van der Waals surface area contributed by atoms with E-state index in [2.05, 4.69) is 72.6 Å². The molecule has 0 aliphatic carbocycles. The van der Waals surface area contributed by atoms with Gasteiger partial charge in [-0.15, -0.1) is 0 Å². The molecule has 2 saturated heterocycles. The molecule has 0 bridgehead atoms. The Morgan fingerprint density at radius 1 is 0.939 bits per heavy atom. The van der Waals surface area contributed by atoms with Crippen molar-refractivity contribution in [2.45, 2.75) is 45.6 Å². The third-order valence-electron chi connectivity index (χ3n) is 7.08. The minimum atomic E-state index is -0.439. The number of nitrogens with zero attached hydrogens (tertiary/aromatic N) is 2. The molecule has 33 heavy (non-hydrogen) atoms. The molecule has 2 aromatic rings. The van der Waals surface area contributed by atoms with Crippen LogP contribution in [0, 0.1) is 11.8 Å². The number of piperidine rings is 1. The minimum Gasteiger partial charge on any atom is -0.346 e. The summed E-state index contributed by atoms with van der Waals surface area (Å²) in [6, 6.07) is 19.6. The Bertz CT molecular complexity index is 918. The van der Waals surface area contributed by atoms with E-state index in [0.717, 1.165) is 51.9 Å². The lowest BCUT2D eigenvalue weighted by molar-refractivity contribution is -0.151. The highest BCUT2D eigenvalue weighted by Crippen LogP contribution is 2.24. The predicted octanol–water partition coefficient (Wildman–Crippen LogP) is 3.98. The van der Waals surface area contributed by atoms with Gasteiger partial charge in [0.05, 0.1) is 0 Å². The number of benzene rings is 2. The first kappa shape index (κ1) is 23.5. The number of nitrogens with one attached hydrogen (secondary N) is 1. The van der Waals surface area contributed by atoms with Crippen molar-refractivity contribution in [3.63, 3.8) is 0 Å². The third-order valence-corrected chi connectivity index (χ3v) is 7.08. The molecule has 1 N–H and O–H groups in total. The molecular formula is C28H37N3O2. The zero-order valence-electron chi connectivity index (χ0n) is 20.0. The van der Waals surface area contributed by atoms with Gasteiger partial charge in [-0.05, 0) is 67.3 Å². The topological polar surface area (TPSA) is 52.7 Å². The molecule has 4 rings (SSSR count). The first-order chi connectivity index (χ1) is 16.0. The van der Waals surface area contributed by atoms with Crippen molar-refractivity contribution in [3.05, 3.63) is 60.2 Å². The molecule has 2 aromatic carbocycles. The SMILES string of the molecule is CC(C)C[C@H]1CNC(=O)C(=O)N1CC1CCN(CCc2ccc(-c3ccccc3)cc2)CC1. The molecule has 2 aliphatic rings. The van der Waals surface area contributed by atoms with Crippen molar-refractivity contribution >= 4 is 11.8 Å². The summed E-state index contributed by atoms with van der Waals surface area (Å²) < 4.78 is 0. The van der Waals surface area contributed by atoms with Crippen LogP contribution in [0.4, 0.5) is 0 Å². The van der Waals surface area contributed by atoms with Crippen LogP contribution in [0.3, 0.4) is 0 Å². The molecule has 5 nitrogen and oxygen atoms in total. The van der Waals surface area contributed by atoms with Crippen molar-refractivity contribution in [3.8, 4) is 11.1 Å². The lowest BCUT2D eigenvalue weighted by atomic mass is 9.93. The lowest BCUT2D eigenvalue weighted by Gasteiger charge is -2.40. The number of hydrogen-bond acceptors (Lipinski definition) is 3. The standard InChI is InChI=1S/C28H37N3O2/c1-21(2)18-26-19-29-27(32)28(33)31(26)20-23-13-16-30(17-14-23)15-12-22-8-10-25(11-9-22)24-6-4-3-5-7-24/h3-11,21,23,26H,12-20H2,1-2H3,(H,29,32)/t26-/m0/s1. The van der Waals surface area contributed by atoms with Crippen LogP contribution in [-0.4, -0.2) is 60.4 Å². The van der Waals surface area contributed by atoms with Crippen LogP contribution < -0.4 is 5.32 Å². The molecule has 0 aromatic heterocycles. The van der Waals surface area contributed by atoms with Crippen molar-refractivity contribution < 1.29 is 9.59 Å². The van der Waals surface area contributed by atoms with Crippen LogP contribution in [0.15, 0.2) is 54.6 Å². The minimum absolute atomic E-state index is 0.132. The zero-order chi connectivity index (χ0) is 23.2. The van der Waals surface area contributed by atoms with E-state index in [-0.39, 0.29) is 11.9 Å². The predicted molar refractivity (Wildman–Crippen MR) is 133 cm³/mol. The van der Waals surface area contributed by atoms with Crippen LogP contribution in [0.25, 0.3) is 11.1 Å². The van der Waals surface area contributed by atoms with Gasteiger partial charge in [0.1, 0.15) is 0 Å². The molecule has 0 unspecified atom stereocenters. The Hall–Kier alpha value is -2.66. The summed E-state index contributed by atoms with van der Waals surface area (Å²) in [7, 11) is 0. The lowest BCUT2D eigenvalue weighted by Crippen LogP contribution is -2.59. The Kier molecular flexibility index (Phi) is 7.81. The van der Waals surface area contributed by atoms with E-state index in [1.54, 1.807) is 0 Å². The second kappa shape index (κ2) is 11.0. The molecule has 176 valence electrons. The summed E-state index contributed by atoms with van der Waals surface area (Å²) in [5.74, 6) is 0.207. The Labute approximate surface area is 198 Å². The molecule has 2 aliphatic heterocycles. The van der Waals surface area contributed by atoms with Gasteiger partial charge in [0.25, 0.3) is 0 Å². The number of hydrogen-bond donors (Lipinski definition) is 1. The monoisotopic (exact) mass is 447 g/mol. The number of amides is 2. The number of carbonyl (C=O) groups is 2. The Morgan fingerprint density at radius 3 is 2.27 bits per heavy atom. The molecule has 5 heteroatoms. The van der Waals surface area contributed by atoms with Gasteiger partial charge in [0.2, 0.25) is 0 Å². The first-order valence-corrected chi connectivity index (χ1v) is 12.4. The van der Waals surface area contributed by atoms with Gasteiger partial charge >= 0.3 is 11.8 Å². The summed E-state index contributed by atoms with van der Waals surface area (Å²) in [5.41, 5.74) is 3.89. The highest BCUT2D eigenvalue weighted by molar-refractivity contribution is 6.35. The molecular weight excluding hydrogens is 410 g/mol. The maximum absolute atomic E-state index is 12.5. The molecule has 0 saturated carbocycles. The van der Waals surface area contributed by atoms with E-state index >= 15 is 0 Å². The van der Waals surface area contributed by atoms with Crippen LogP contribution in [0.2, 0.25) is 0 Å². The fourth-order valence-electron chi connectivity index (χ4n) is 5.13. The fraction of sp³-hybridized carbons (Fsp3) is 0.500. The van der Waals surface area contributed by atoms with E-state index < -0.39 is 5.91 Å². The molecule has 0 spiro atoms. The van der Waals surface area contributed by atoms with Crippen LogP contribution in [-0.2, 0) is 16.0 Å². The Balaban J connectivity index is 1.24. The third kappa shape index (κ3) is 6.23. The van der Waals surface area contributed by atoms with Crippen molar-refractivity contribution in [2.24, 2.45) is 11.8 Å². The summed E-state index contributed by atoms with van der Waals surface area (Å²) in [6.45, 7) is 8.85. The van der Waals surface area contributed by atoms with Crippen LogP contribution in [0.1, 0.15) is 38.7 Å². The van der Waals surface area contributed by atoms with Gasteiger partial charge in [0.15, 0.2) is 0 Å². The number of likely N-dealkylation sites (tertiary alicyclic amines) is 1. The van der Waals surface area contributed by atoms with Crippen molar-refractivity contribution in [1.29, 1.82) is 0 Å². The van der Waals surface area contributed by atoms with E-state index in [9.17, 15) is 9.59 Å². The van der Waals surface area contributed by atoms with Gasteiger partial charge in [-0.1, -0.05) is 68.4 Å². The van der Waals surface area contributed by atoms with Gasteiger partial charge in [-0.2, -0.15) is 0 Å². The largest absolute Gasteiger partial charge is 0.346 e. The van der Waals surface area contributed by atoms with Gasteiger partial charge < -0.3 is 15.1 Å². The van der Waals surface area contributed by atoms with E-state index in [1.165, 1.54) is 16.7 Å². The second-order valence-corrected chi connectivity index (χ2v) is 10.0. The average Bonchev–Trinajstić information content (AvgIpc) is 2.84. The fourth-order valence-corrected chi connectivity index (χ4v) is 5.13. The van der Waals surface area contributed by atoms with Crippen molar-refractivity contribution in [1.82, 2.24) is 15.1 Å². The summed E-state index contributed by atoms with van der Waals surface area (Å²) >= 11 is 0. The second-order valence-electron chi connectivity index (χ2n) is 10.0. The summed E-state index contributed by atoms with van der Waals surface area (Å²) in [4.78, 5) is 28.9. The smallest absolute Gasteiger partial charge is 0.312 e. The first-order valence-electron chi connectivity index (χ1n) is 12.4. The van der Waals surface area contributed by atoms with E-state index in [4.69, 9.17) is 0 Å². The van der Waals surface area contributed by atoms with Gasteiger partial charge in [-0.3, -0.25) is 9.59 Å². The normalized spacial score (nSPS) is 20.3. The molecule has 2 heterocycles. The van der Waals surface area contributed by atoms with Gasteiger partial charge in [-0.25, -0.2) is 0 Å². The molecule has 2 fully saturated rings. The van der Waals surface area contributed by atoms with Crippen molar-refractivity contribution in [2.75, 3.05) is 32.7 Å². The zero-order valence-corrected chi connectivity index (χ0v) is 20.0. The number of carbonyl (C=O) groups excluding carboxylic acids is 2. The molecule has 1 atom stereocenters. The highest BCUT2D eigenvalue weighted by Gasteiger charge is 2.36. The van der Waals surface area contributed by atoms with Gasteiger partial charge in [0, 0.05) is 25.7 Å². The average molecular weight is 448 g/mol. The number of piperazine rings is 1. The van der Waals surface area contributed by atoms with E-state index in [0.29, 0.717) is 18.4 Å². The Morgan fingerprint density at radius 2 is 1.61 bits per heavy atom. The summed E-state index contributed by atoms with van der Waals surface area (Å²) in [5, 5.41) is 2.77. The molecule has 2 amide bonds. The quantitative estimate of drug-likeness (QED) is 0.623. The van der Waals surface area contributed by atoms with E-state index in [1.807, 2.05) is 11.0 Å². The number of rotatable bonds is 8. The summed E-state index contributed by atoms with van der Waals surface area (Å²) in [6.07, 6.45) is 4.17. The molecule has 0 radical (unpaired) electrons.